The van der Waals surface area contributed by atoms with Crippen LogP contribution in [0.1, 0.15) is 24.3 Å². The Morgan fingerprint density at radius 1 is 1.35 bits per heavy atom. The Morgan fingerprint density at radius 2 is 2.00 bits per heavy atom. The molecule has 0 atom stereocenters. The lowest BCUT2D eigenvalue weighted by atomic mass is 10.3. The molecule has 0 aliphatic carbocycles. The molecule has 1 aromatic heterocycles. The predicted octanol–water partition coefficient (Wildman–Crippen LogP) is 1.65. The second-order valence-corrected chi connectivity index (χ2v) is 3.34. The number of pyridine rings is 1. The molecule has 0 bridgehead atoms. The summed E-state index contributed by atoms with van der Waals surface area (Å²) in [6.45, 7) is 5.00. The van der Waals surface area contributed by atoms with Gasteiger partial charge in [-0.1, -0.05) is 0 Å². The fraction of sp³-hybridized carbons (Fsp3) is 0.364. The van der Waals surface area contributed by atoms with E-state index in [0.717, 1.165) is 0 Å². The third-order valence-electron chi connectivity index (χ3n) is 2.28. The van der Waals surface area contributed by atoms with E-state index in [-0.39, 0.29) is 11.7 Å². The molecule has 1 heterocycles. The molecule has 0 saturated heterocycles. The molecule has 0 aliphatic heterocycles. The van der Waals surface area contributed by atoms with Gasteiger partial charge in [0.15, 0.2) is 0 Å². The largest absolute Gasteiger partial charge is 0.477 e. The van der Waals surface area contributed by atoms with Gasteiger partial charge in [0.05, 0.1) is 11.9 Å². The number of carboxylic acids is 1. The fourth-order valence-corrected chi connectivity index (χ4v) is 1.31. The number of aromatic nitrogens is 1. The highest BCUT2D eigenvalue weighted by molar-refractivity contribution is 5.90. The van der Waals surface area contributed by atoms with Crippen molar-refractivity contribution in [2.45, 2.75) is 13.8 Å². The number of anilines is 1. The van der Waals surface area contributed by atoms with E-state index in [9.17, 15) is 9.59 Å². The van der Waals surface area contributed by atoms with Crippen LogP contribution in [0.25, 0.3) is 0 Å². The first-order valence-corrected chi connectivity index (χ1v) is 5.33. The number of nitrogens with one attached hydrogen (secondary N) is 1. The van der Waals surface area contributed by atoms with Crippen molar-refractivity contribution in [3.63, 3.8) is 0 Å². The predicted molar refractivity (Wildman–Crippen MR) is 63.1 cm³/mol. The quantitative estimate of drug-likeness (QED) is 0.834. The molecular formula is C11H15N3O3. The van der Waals surface area contributed by atoms with Gasteiger partial charge in [-0.25, -0.2) is 14.6 Å². The number of hydrogen-bond acceptors (Lipinski definition) is 3. The molecule has 1 rings (SSSR count). The minimum atomic E-state index is -1.09. The minimum Gasteiger partial charge on any atom is -0.477 e. The fourth-order valence-electron chi connectivity index (χ4n) is 1.31. The van der Waals surface area contributed by atoms with Gasteiger partial charge < -0.3 is 15.3 Å². The van der Waals surface area contributed by atoms with Crippen LogP contribution in [0, 0.1) is 0 Å². The summed E-state index contributed by atoms with van der Waals surface area (Å²) in [5.74, 6) is -1.09. The van der Waals surface area contributed by atoms with Crippen LogP contribution in [0.4, 0.5) is 10.5 Å². The van der Waals surface area contributed by atoms with E-state index in [2.05, 4.69) is 10.3 Å². The van der Waals surface area contributed by atoms with Gasteiger partial charge in [-0.3, -0.25) is 0 Å². The Bertz CT molecular complexity index is 399. The van der Waals surface area contributed by atoms with E-state index in [1.165, 1.54) is 18.3 Å². The van der Waals surface area contributed by atoms with E-state index in [1.54, 1.807) is 4.90 Å². The molecule has 2 N–H and O–H groups in total. The van der Waals surface area contributed by atoms with Crippen molar-refractivity contribution in [2.24, 2.45) is 0 Å². The number of hydrogen-bond donors (Lipinski definition) is 2. The monoisotopic (exact) mass is 237 g/mol. The average Bonchev–Trinajstić information content (AvgIpc) is 2.31. The molecule has 0 spiro atoms. The molecule has 1 aromatic rings. The van der Waals surface area contributed by atoms with Crippen LogP contribution < -0.4 is 5.32 Å². The number of urea groups is 1. The maximum atomic E-state index is 11.7. The maximum absolute atomic E-state index is 11.7. The smallest absolute Gasteiger partial charge is 0.354 e. The van der Waals surface area contributed by atoms with E-state index < -0.39 is 5.97 Å². The maximum Gasteiger partial charge on any atom is 0.354 e. The first-order valence-electron chi connectivity index (χ1n) is 5.33. The van der Waals surface area contributed by atoms with Gasteiger partial charge in [0.2, 0.25) is 0 Å². The Hall–Kier alpha value is -2.11. The van der Waals surface area contributed by atoms with Crippen LogP contribution in [-0.4, -0.2) is 40.1 Å². The van der Waals surface area contributed by atoms with Gasteiger partial charge in [0.25, 0.3) is 0 Å². The summed E-state index contributed by atoms with van der Waals surface area (Å²) >= 11 is 0. The van der Waals surface area contributed by atoms with Crippen molar-refractivity contribution in [3.05, 3.63) is 24.0 Å². The van der Waals surface area contributed by atoms with Crippen LogP contribution in [0.15, 0.2) is 18.3 Å². The minimum absolute atomic E-state index is 0.0501. The number of nitrogens with zero attached hydrogens (tertiary/aromatic N) is 2. The average molecular weight is 237 g/mol. The van der Waals surface area contributed by atoms with Crippen LogP contribution >= 0.6 is 0 Å². The first-order chi connectivity index (χ1) is 8.08. The summed E-state index contributed by atoms with van der Waals surface area (Å²) in [6, 6.07) is 2.64. The Balaban J connectivity index is 2.69. The number of carbonyl (C=O) groups excluding carboxylic acids is 1. The first kappa shape index (κ1) is 13.0. The highest BCUT2D eigenvalue weighted by Gasteiger charge is 2.10. The SMILES string of the molecule is CCN(CC)C(=O)Nc1ccc(C(=O)O)nc1. The zero-order valence-electron chi connectivity index (χ0n) is 9.80. The van der Waals surface area contributed by atoms with Gasteiger partial charge in [-0.2, -0.15) is 0 Å². The molecule has 2 amide bonds. The normalized spacial score (nSPS) is 9.76. The Kier molecular flexibility index (Phi) is 4.45. The molecule has 0 unspecified atom stereocenters. The molecule has 17 heavy (non-hydrogen) atoms. The molecule has 92 valence electrons. The molecule has 6 nitrogen and oxygen atoms in total. The van der Waals surface area contributed by atoms with Gasteiger partial charge in [0.1, 0.15) is 5.69 Å². The number of carboxylic acid groups (broad SMARTS) is 1. The Morgan fingerprint density at radius 3 is 2.41 bits per heavy atom. The van der Waals surface area contributed by atoms with Crippen LogP contribution in [0.2, 0.25) is 0 Å². The van der Waals surface area contributed by atoms with E-state index >= 15 is 0 Å². The van der Waals surface area contributed by atoms with Crippen molar-refractivity contribution in [2.75, 3.05) is 18.4 Å². The topological polar surface area (TPSA) is 82.5 Å². The second-order valence-electron chi connectivity index (χ2n) is 3.34. The van der Waals surface area contributed by atoms with Crippen LogP contribution in [0.3, 0.4) is 0 Å². The number of carbonyl (C=O) groups is 2. The molecule has 0 radical (unpaired) electrons. The summed E-state index contributed by atoms with van der Waals surface area (Å²) in [4.78, 5) is 27.6. The summed E-state index contributed by atoms with van der Waals surface area (Å²) in [6.07, 6.45) is 1.32. The molecule has 0 saturated carbocycles. The van der Waals surface area contributed by atoms with Gasteiger partial charge >= 0.3 is 12.0 Å². The van der Waals surface area contributed by atoms with Crippen LogP contribution in [0.5, 0.6) is 0 Å². The van der Waals surface area contributed by atoms with Crippen molar-refractivity contribution < 1.29 is 14.7 Å². The van der Waals surface area contributed by atoms with Crippen molar-refractivity contribution in [1.82, 2.24) is 9.88 Å². The molecule has 0 aliphatic rings. The lowest BCUT2D eigenvalue weighted by molar-refractivity contribution is 0.0690. The van der Waals surface area contributed by atoms with E-state index in [1.807, 2.05) is 13.8 Å². The van der Waals surface area contributed by atoms with Crippen molar-refractivity contribution in [1.29, 1.82) is 0 Å². The second kappa shape index (κ2) is 5.83. The van der Waals surface area contributed by atoms with E-state index in [0.29, 0.717) is 18.8 Å². The van der Waals surface area contributed by atoms with Gasteiger partial charge in [-0.05, 0) is 26.0 Å². The summed E-state index contributed by atoms with van der Waals surface area (Å²) in [7, 11) is 0. The summed E-state index contributed by atoms with van der Waals surface area (Å²) < 4.78 is 0. The number of aromatic carboxylic acids is 1. The molecule has 6 heteroatoms. The van der Waals surface area contributed by atoms with Crippen molar-refractivity contribution in [3.8, 4) is 0 Å². The van der Waals surface area contributed by atoms with Crippen molar-refractivity contribution >= 4 is 17.7 Å². The Labute approximate surface area is 99.3 Å². The highest BCUT2D eigenvalue weighted by Crippen LogP contribution is 2.07. The third kappa shape index (κ3) is 3.44. The highest BCUT2D eigenvalue weighted by atomic mass is 16.4. The number of rotatable bonds is 4. The third-order valence-corrected chi connectivity index (χ3v) is 2.28. The van der Waals surface area contributed by atoms with Crippen LogP contribution in [-0.2, 0) is 0 Å². The zero-order valence-corrected chi connectivity index (χ0v) is 9.80. The molecular weight excluding hydrogens is 222 g/mol. The lowest BCUT2D eigenvalue weighted by Crippen LogP contribution is -2.34. The summed E-state index contributed by atoms with van der Waals surface area (Å²) in [5.41, 5.74) is 0.428. The van der Waals surface area contributed by atoms with Gasteiger partial charge in [0, 0.05) is 13.1 Å². The number of amides is 2. The lowest BCUT2D eigenvalue weighted by Gasteiger charge is -2.18. The molecule has 0 fully saturated rings. The standard InChI is InChI=1S/C11H15N3O3/c1-3-14(4-2)11(17)13-8-5-6-9(10(15)16)12-7-8/h5-7H,3-4H2,1-2H3,(H,13,17)(H,15,16). The van der Waals surface area contributed by atoms with E-state index in [4.69, 9.17) is 5.11 Å². The van der Waals surface area contributed by atoms with Gasteiger partial charge in [-0.15, -0.1) is 0 Å². The summed E-state index contributed by atoms with van der Waals surface area (Å²) in [5, 5.41) is 11.3. The molecule has 0 aromatic carbocycles. The zero-order chi connectivity index (χ0) is 12.8.